The zero-order valence-corrected chi connectivity index (χ0v) is 12.8. The average Bonchev–Trinajstić information content (AvgIpc) is 2.75. The smallest absolute Gasteiger partial charge is 0.122 e. The standard InChI is InChI=1S/C17H24N2O/c1-12-6-5-7-15(10-12)11-19(4)17(14(3)18)16-9-8-13(2)20-16/h5-10,14,17H,11,18H2,1-4H3. The summed E-state index contributed by atoms with van der Waals surface area (Å²) >= 11 is 0. The third-order valence-electron chi connectivity index (χ3n) is 3.54. The lowest BCUT2D eigenvalue weighted by molar-refractivity contribution is 0.182. The third kappa shape index (κ3) is 3.50. The van der Waals surface area contributed by atoms with E-state index in [1.54, 1.807) is 0 Å². The van der Waals surface area contributed by atoms with E-state index in [0.717, 1.165) is 18.1 Å². The summed E-state index contributed by atoms with van der Waals surface area (Å²) in [6.45, 7) is 6.95. The van der Waals surface area contributed by atoms with Crippen LogP contribution in [0.1, 0.15) is 35.6 Å². The van der Waals surface area contributed by atoms with Crippen LogP contribution in [0.2, 0.25) is 0 Å². The Morgan fingerprint density at radius 3 is 2.50 bits per heavy atom. The van der Waals surface area contributed by atoms with Crippen molar-refractivity contribution in [2.24, 2.45) is 5.73 Å². The molecular weight excluding hydrogens is 248 g/mol. The Labute approximate surface area is 121 Å². The Morgan fingerprint density at radius 2 is 1.95 bits per heavy atom. The van der Waals surface area contributed by atoms with Crippen LogP contribution in [0.3, 0.4) is 0 Å². The number of furan rings is 1. The second kappa shape index (κ2) is 6.25. The molecule has 2 aromatic rings. The molecule has 0 aliphatic heterocycles. The first-order valence-corrected chi connectivity index (χ1v) is 7.05. The molecule has 3 nitrogen and oxygen atoms in total. The van der Waals surface area contributed by atoms with E-state index in [-0.39, 0.29) is 12.1 Å². The summed E-state index contributed by atoms with van der Waals surface area (Å²) in [6.07, 6.45) is 0. The molecule has 2 rings (SSSR count). The summed E-state index contributed by atoms with van der Waals surface area (Å²) in [4.78, 5) is 2.25. The lowest BCUT2D eigenvalue weighted by Crippen LogP contribution is -2.36. The molecule has 0 saturated carbocycles. The minimum atomic E-state index is 0.00959. The summed E-state index contributed by atoms with van der Waals surface area (Å²) in [7, 11) is 2.09. The predicted molar refractivity (Wildman–Crippen MR) is 82.5 cm³/mol. The van der Waals surface area contributed by atoms with Crippen molar-refractivity contribution < 1.29 is 4.42 Å². The number of hydrogen-bond acceptors (Lipinski definition) is 3. The third-order valence-corrected chi connectivity index (χ3v) is 3.54. The van der Waals surface area contributed by atoms with Crippen LogP contribution in [0.25, 0.3) is 0 Å². The van der Waals surface area contributed by atoms with Gasteiger partial charge in [0.25, 0.3) is 0 Å². The number of rotatable bonds is 5. The van der Waals surface area contributed by atoms with E-state index in [4.69, 9.17) is 10.2 Å². The number of benzene rings is 1. The molecule has 3 heteroatoms. The largest absolute Gasteiger partial charge is 0.465 e. The summed E-state index contributed by atoms with van der Waals surface area (Å²) in [5.74, 6) is 1.86. The normalized spacial score (nSPS) is 14.5. The van der Waals surface area contributed by atoms with E-state index in [1.807, 2.05) is 26.0 Å². The summed E-state index contributed by atoms with van der Waals surface area (Å²) in [5, 5.41) is 0. The van der Waals surface area contributed by atoms with Crippen molar-refractivity contribution >= 4 is 0 Å². The van der Waals surface area contributed by atoms with Crippen molar-refractivity contribution in [3.05, 3.63) is 59.0 Å². The van der Waals surface area contributed by atoms with Crippen molar-refractivity contribution in [1.29, 1.82) is 0 Å². The SMILES string of the molecule is Cc1cccc(CN(C)C(c2ccc(C)o2)C(C)N)c1. The van der Waals surface area contributed by atoms with E-state index in [0.29, 0.717) is 0 Å². The average molecular weight is 272 g/mol. The van der Waals surface area contributed by atoms with Crippen molar-refractivity contribution in [2.45, 2.75) is 39.4 Å². The first-order valence-electron chi connectivity index (χ1n) is 7.05. The monoisotopic (exact) mass is 272 g/mol. The Balaban J connectivity index is 2.17. The topological polar surface area (TPSA) is 42.4 Å². The van der Waals surface area contributed by atoms with E-state index in [9.17, 15) is 0 Å². The quantitative estimate of drug-likeness (QED) is 0.907. The molecule has 1 aromatic carbocycles. The fourth-order valence-electron chi connectivity index (χ4n) is 2.69. The fourth-order valence-corrected chi connectivity index (χ4v) is 2.69. The molecule has 2 unspecified atom stereocenters. The van der Waals surface area contributed by atoms with Gasteiger partial charge in [0, 0.05) is 12.6 Å². The van der Waals surface area contributed by atoms with Gasteiger partial charge < -0.3 is 10.2 Å². The molecule has 2 N–H and O–H groups in total. The van der Waals surface area contributed by atoms with Gasteiger partial charge in [-0.25, -0.2) is 0 Å². The highest BCUT2D eigenvalue weighted by atomic mass is 16.3. The van der Waals surface area contributed by atoms with Crippen LogP contribution in [-0.2, 0) is 6.54 Å². The molecule has 0 radical (unpaired) electrons. The Kier molecular flexibility index (Phi) is 4.63. The maximum Gasteiger partial charge on any atom is 0.122 e. The van der Waals surface area contributed by atoms with Crippen LogP contribution in [0, 0.1) is 13.8 Å². The molecule has 0 amide bonds. The molecule has 0 saturated heterocycles. The maximum absolute atomic E-state index is 6.16. The van der Waals surface area contributed by atoms with Crippen LogP contribution in [-0.4, -0.2) is 18.0 Å². The van der Waals surface area contributed by atoms with Gasteiger partial charge in [0.15, 0.2) is 0 Å². The molecule has 0 bridgehead atoms. The second-order valence-corrected chi connectivity index (χ2v) is 5.66. The second-order valence-electron chi connectivity index (χ2n) is 5.66. The van der Waals surface area contributed by atoms with Gasteiger partial charge in [0.05, 0.1) is 6.04 Å². The van der Waals surface area contributed by atoms with E-state index in [1.165, 1.54) is 11.1 Å². The molecule has 1 aromatic heterocycles. The van der Waals surface area contributed by atoms with Gasteiger partial charge >= 0.3 is 0 Å². The van der Waals surface area contributed by atoms with E-state index >= 15 is 0 Å². The van der Waals surface area contributed by atoms with Gasteiger partial charge in [-0.05, 0) is 45.5 Å². The number of nitrogens with two attached hydrogens (primary N) is 1. The zero-order valence-electron chi connectivity index (χ0n) is 12.8. The minimum absolute atomic E-state index is 0.00959. The van der Waals surface area contributed by atoms with Crippen molar-refractivity contribution in [3.63, 3.8) is 0 Å². The molecule has 0 spiro atoms. The molecule has 0 aliphatic carbocycles. The van der Waals surface area contributed by atoms with Gasteiger partial charge in [-0.15, -0.1) is 0 Å². The van der Waals surface area contributed by atoms with Crippen LogP contribution < -0.4 is 5.73 Å². The molecule has 108 valence electrons. The maximum atomic E-state index is 6.16. The predicted octanol–water partition coefficient (Wildman–Crippen LogP) is 3.42. The van der Waals surface area contributed by atoms with Crippen LogP contribution >= 0.6 is 0 Å². The first kappa shape index (κ1) is 14.8. The van der Waals surface area contributed by atoms with Gasteiger partial charge in [0.1, 0.15) is 11.5 Å². The fraction of sp³-hybridized carbons (Fsp3) is 0.412. The van der Waals surface area contributed by atoms with Crippen molar-refractivity contribution in [3.8, 4) is 0 Å². The highest BCUT2D eigenvalue weighted by Crippen LogP contribution is 2.25. The summed E-state index contributed by atoms with van der Waals surface area (Å²) in [5.41, 5.74) is 8.73. The number of aryl methyl sites for hydroxylation is 2. The van der Waals surface area contributed by atoms with Gasteiger partial charge in [0.2, 0.25) is 0 Å². The first-order chi connectivity index (χ1) is 9.47. The highest BCUT2D eigenvalue weighted by molar-refractivity contribution is 5.22. The molecule has 20 heavy (non-hydrogen) atoms. The van der Waals surface area contributed by atoms with Gasteiger partial charge in [-0.1, -0.05) is 29.8 Å². The van der Waals surface area contributed by atoms with Gasteiger partial charge in [-0.2, -0.15) is 0 Å². The van der Waals surface area contributed by atoms with E-state index in [2.05, 4.69) is 43.1 Å². The lowest BCUT2D eigenvalue weighted by Gasteiger charge is -2.29. The Bertz CT molecular complexity index is 560. The zero-order chi connectivity index (χ0) is 14.7. The number of nitrogens with zero attached hydrogens (tertiary/aromatic N) is 1. The Morgan fingerprint density at radius 1 is 1.20 bits per heavy atom. The minimum Gasteiger partial charge on any atom is -0.465 e. The van der Waals surface area contributed by atoms with Crippen LogP contribution in [0.15, 0.2) is 40.8 Å². The summed E-state index contributed by atoms with van der Waals surface area (Å²) < 4.78 is 5.77. The van der Waals surface area contributed by atoms with Crippen molar-refractivity contribution in [1.82, 2.24) is 4.90 Å². The molecule has 1 heterocycles. The molecular formula is C17H24N2O. The van der Waals surface area contributed by atoms with Crippen LogP contribution in [0.5, 0.6) is 0 Å². The van der Waals surface area contributed by atoms with Crippen LogP contribution in [0.4, 0.5) is 0 Å². The summed E-state index contributed by atoms with van der Waals surface area (Å²) in [6, 6.07) is 12.7. The molecule has 2 atom stereocenters. The Hall–Kier alpha value is -1.58. The molecule has 0 fully saturated rings. The number of hydrogen-bond donors (Lipinski definition) is 1. The number of likely N-dealkylation sites (N-methyl/N-ethyl adjacent to an activating group) is 1. The highest BCUT2D eigenvalue weighted by Gasteiger charge is 2.24. The van der Waals surface area contributed by atoms with Gasteiger partial charge in [-0.3, -0.25) is 4.90 Å². The molecule has 0 aliphatic rings. The van der Waals surface area contributed by atoms with E-state index < -0.39 is 0 Å². The van der Waals surface area contributed by atoms with Crippen molar-refractivity contribution in [2.75, 3.05) is 7.05 Å². The lowest BCUT2D eigenvalue weighted by atomic mass is 10.0.